The van der Waals surface area contributed by atoms with Gasteiger partial charge in [-0.3, -0.25) is 14.5 Å². The van der Waals surface area contributed by atoms with Gasteiger partial charge in [0.1, 0.15) is 4.83 Å². The van der Waals surface area contributed by atoms with E-state index in [1.165, 1.54) is 11.3 Å². The molecule has 6 heteroatoms. The maximum Gasteiger partial charge on any atom is 0.261 e. The Balaban J connectivity index is 1.78. The Bertz CT molecular complexity index is 820. The summed E-state index contributed by atoms with van der Waals surface area (Å²) < 4.78 is 2.01. The molecule has 0 saturated heterocycles. The Labute approximate surface area is 139 Å². The predicted molar refractivity (Wildman–Crippen MR) is 92.6 cm³/mol. The second-order valence-corrected chi connectivity index (χ2v) is 7.03. The molecule has 3 aromatic heterocycles. The average Bonchev–Trinajstić information content (AvgIpc) is 3.08. The van der Waals surface area contributed by atoms with Crippen LogP contribution in [0.25, 0.3) is 10.2 Å². The zero-order chi connectivity index (χ0) is 16.4. The number of rotatable bonds is 5. The maximum absolute atomic E-state index is 12.4. The van der Waals surface area contributed by atoms with Crippen molar-refractivity contribution in [2.24, 2.45) is 5.92 Å². The molecule has 0 radical (unpaired) electrons. The van der Waals surface area contributed by atoms with Crippen molar-refractivity contribution in [1.29, 1.82) is 0 Å². The van der Waals surface area contributed by atoms with E-state index in [9.17, 15) is 4.79 Å². The third-order valence-corrected chi connectivity index (χ3v) is 4.67. The van der Waals surface area contributed by atoms with Crippen molar-refractivity contribution in [3.05, 3.63) is 46.7 Å². The number of carbonyl (C=O) groups is 1. The van der Waals surface area contributed by atoms with Crippen LogP contribution in [0.2, 0.25) is 0 Å². The van der Waals surface area contributed by atoms with Crippen LogP contribution in [0.5, 0.6) is 0 Å². The van der Waals surface area contributed by atoms with Crippen LogP contribution >= 0.6 is 11.3 Å². The van der Waals surface area contributed by atoms with Crippen LogP contribution in [0, 0.1) is 12.8 Å². The molecule has 0 aliphatic carbocycles. The number of hydrogen-bond acceptors (Lipinski definition) is 4. The Kier molecular flexibility index (Phi) is 4.43. The Hall–Kier alpha value is -2.21. The predicted octanol–water partition coefficient (Wildman–Crippen LogP) is 3.39. The summed E-state index contributed by atoms with van der Waals surface area (Å²) in [5.74, 6) is 0.452. The monoisotopic (exact) mass is 328 g/mol. The summed E-state index contributed by atoms with van der Waals surface area (Å²) in [5.41, 5.74) is 1.82. The van der Waals surface area contributed by atoms with Crippen LogP contribution in [-0.2, 0) is 13.1 Å². The fraction of sp³-hybridized carbons (Fsp3) is 0.353. The Morgan fingerprint density at radius 1 is 1.39 bits per heavy atom. The smallest absolute Gasteiger partial charge is 0.261 e. The van der Waals surface area contributed by atoms with Crippen molar-refractivity contribution in [3.8, 4) is 0 Å². The summed E-state index contributed by atoms with van der Waals surface area (Å²) in [5, 5.41) is 8.56. The van der Waals surface area contributed by atoms with Crippen molar-refractivity contribution in [1.82, 2.24) is 20.1 Å². The fourth-order valence-corrected chi connectivity index (χ4v) is 3.54. The Morgan fingerprint density at radius 3 is 2.91 bits per heavy atom. The topological polar surface area (TPSA) is 59.8 Å². The molecular weight excluding hydrogens is 308 g/mol. The highest BCUT2D eigenvalue weighted by atomic mass is 32.1. The second kappa shape index (κ2) is 6.50. The highest BCUT2D eigenvalue weighted by molar-refractivity contribution is 7.20. The molecule has 3 heterocycles. The van der Waals surface area contributed by atoms with Crippen LogP contribution in [0.15, 0.2) is 30.5 Å². The molecular formula is C17H20N4OS. The first-order valence-electron chi connectivity index (χ1n) is 7.69. The molecule has 0 aliphatic rings. The summed E-state index contributed by atoms with van der Waals surface area (Å²) in [6, 6.07) is 7.61. The molecule has 1 amide bonds. The summed E-state index contributed by atoms with van der Waals surface area (Å²) in [7, 11) is 0. The second-order valence-electron chi connectivity index (χ2n) is 5.99. The normalized spacial score (nSPS) is 11.3. The van der Waals surface area contributed by atoms with Gasteiger partial charge >= 0.3 is 0 Å². The van der Waals surface area contributed by atoms with Crippen molar-refractivity contribution in [3.63, 3.8) is 0 Å². The van der Waals surface area contributed by atoms with E-state index < -0.39 is 0 Å². The minimum Gasteiger partial charge on any atom is -0.346 e. The standard InChI is InChI=1S/C17H20N4OS/c1-11(2)10-21-17-14(12(3)20-21)8-15(23-17)16(22)19-9-13-6-4-5-7-18-13/h4-8,11H,9-10H2,1-3H3,(H,19,22). The summed E-state index contributed by atoms with van der Waals surface area (Å²) in [6.07, 6.45) is 1.73. The number of aryl methyl sites for hydroxylation is 1. The van der Waals surface area contributed by atoms with E-state index in [2.05, 4.69) is 29.2 Å². The summed E-state index contributed by atoms with van der Waals surface area (Å²) in [6.45, 7) is 7.61. The van der Waals surface area contributed by atoms with Gasteiger partial charge in [-0.25, -0.2) is 0 Å². The number of thiophene rings is 1. The lowest BCUT2D eigenvalue weighted by molar-refractivity contribution is 0.0954. The van der Waals surface area contributed by atoms with Crippen molar-refractivity contribution in [2.45, 2.75) is 33.9 Å². The van der Waals surface area contributed by atoms with Crippen LogP contribution < -0.4 is 5.32 Å². The number of hydrogen-bond donors (Lipinski definition) is 1. The highest BCUT2D eigenvalue weighted by Gasteiger charge is 2.16. The molecule has 0 aliphatic heterocycles. The van der Waals surface area contributed by atoms with Gasteiger partial charge in [0, 0.05) is 18.1 Å². The van der Waals surface area contributed by atoms with Crippen LogP contribution in [0.4, 0.5) is 0 Å². The molecule has 0 bridgehead atoms. The SMILES string of the molecule is Cc1nn(CC(C)C)c2sc(C(=O)NCc3ccccn3)cc12. The number of amides is 1. The van der Waals surface area contributed by atoms with Crippen molar-refractivity contribution in [2.75, 3.05) is 0 Å². The van der Waals surface area contributed by atoms with Crippen LogP contribution in [0.3, 0.4) is 0 Å². The summed E-state index contributed by atoms with van der Waals surface area (Å²) in [4.78, 5) is 18.4. The minimum atomic E-state index is -0.0626. The fourth-order valence-electron chi connectivity index (χ4n) is 2.45. The number of aromatic nitrogens is 3. The van der Waals surface area contributed by atoms with Crippen molar-refractivity contribution < 1.29 is 4.79 Å². The number of fused-ring (bicyclic) bond motifs is 1. The first kappa shape index (κ1) is 15.7. The minimum absolute atomic E-state index is 0.0626. The molecule has 0 unspecified atom stereocenters. The van der Waals surface area contributed by atoms with Gasteiger partial charge in [-0.2, -0.15) is 5.10 Å². The number of nitrogens with zero attached hydrogens (tertiary/aromatic N) is 3. The van der Waals surface area contributed by atoms with Gasteiger partial charge in [0.25, 0.3) is 5.91 Å². The van der Waals surface area contributed by atoms with Crippen LogP contribution in [-0.4, -0.2) is 20.7 Å². The third-order valence-electron chi connectivity index (χ3n) is 3.53. The number of pyridine rings is 1. The molecule has 5 nitrogen and oxygen atoms in total. The number of carbonyl (C=O) groups excluding carboxylic acids is 1. The first-order chi connectivity index (χ1) is 11.0. The lowest BCUT2D eigenvalue weighted by Crippen LogP contribution is -2.22. The molecule has 0 atom stereocenters. The van der Waals surface area contributed by atoms with Gasteiger partial charge in [0.05, 0.1) is 22.8 Å². The molecule has 3 rings (SSSR count). The zero-order valence-corrected chi connectivity index (χ0v) is 14.4. The van der Waals surface area contributed by atoms with E-state index in [0.717, 1.165) is 28.1 Å². The van der Waals surface area contributed by atoms with Gasteiger partial charge in [0.2, 0.25) is 0 Å². The first-order valence-corrected chi connectivity index (χ1v) is 8.51. The van der Waals surface area contributed by atoms with E-state index in [1.54, 1.807) is 6.20 Å². The molecule has 23 heavy (non-hydrogen) atoms. The van der Waals surface area contributed by atoms with E-state index in [-0.39, 0.29) is 5.91 Å². The largest absolute Gasteiger partial charge is 0.346 e. The van der Waals surface area contributed by atoms with Gasteiger partial charge in [-0.1, -0.05) is 19.9 Å². The van der Waals surface area contributed by atoms with Gasteiger partial charge in [-0.05, 0) is 31.0 Å². The molecule has 0 saturated carbocycles. The van der Waals surface area contributed by atoms with E-state index in [4.69, 9.17) is 0 Å². The van der Waals surface area contributed by atoms with Crippen LogP contribution in [0.1, 0.15) is 34.9 Å². The van der Waals surface area contributed by atoms with E-state index >= 15 is 0 Å². The van der Waals surface area contributed by atoms with Crippen molar-refractivity contribution >= 4 is 27.5 Å². The molecule has 120 valence electrons. The zero-order valence-electron chi connectivity index (χ0n) is 13.5. The Morgan fingerprint density at radius 2 is 2.22 bits per heavy atom. The quantitative estimate of drug-likeness (QED) is 0.781. The highest BCUT2D eigenvalue weighted by Crippen LogP contribution is 2.28. The lowest BCUT2D eigenvalue weighted by Gasteiger charge is -2.05. The van der Waals surface area contributed by atoms with Gasteiger partial charge in [0.15, 0.2) is 0 Å². The average molecular weight is 328 g/mol. The molecule has 0 aromatic carbocycles. The number of nitrogens with one attached hydrogen (secondary N) is 1. The molecule has 3 aromatic rings. The van der Waals surface area contributed by atoms with E-state index in [1.807, 2.05) is 35.9 Å². The molecule has 0 spiro atoms. The third kappa shape index (κ3) is 3.42. The van der Waals surface area contributed by atoms with Gasteiger partial charge in [-0.15, -0.1) is 11.3 Å². The lowest BCUT2D eigenvalue weighted by atomic mass is 10.2. The van der Waals surface area contributed by atoms with E-state index in [0.29, 0.717) is 17.3 Å². The molecule has 1 N–H and O–H groups in total. The van der Waals surface area contributed by atoms with Gasteiger partial charge < -0.3 is 5.32 Å². The summed E-state index contributed by atoms with van der Waals surface area (Å²) >= 11 is 1.50. The maximum atomic E-state index is 12.4. The molecule has 0 fully saturated rings.